The molecule has 46 heavy (non-hydrogen) atoms. The normalized spacial score (nSPS) is 11.5. The van der Waals surface area contributed by atoms with Crippen LogP contribution in [0.15, 0.2) is 176 Å². The molecule has 1 nitrogen and oxygen atoms in total. The van der Waals surface area contributed by atoms with Crippen LogP contribution < -0.4 is 4.90 Å². The number of hydrogen-bond donors (Lipinski definition) is 0. The van der Waals surface area contributed by atoms with Crippen LogP contribution in [-0.2, 0) is 0 Å². The fourth-order valence-corrected chi connectivity index (χ4v) is 8.08. The molecule has 0 saturated carbocycles. The third-order valence-corrected chi connectivity index (χ3v) is 10.2. The minimum absolute atomic E-state index is 1.12. The lowest BCUT2D eigenvalue weighted by Crippen LogP contribution is -2.10. The van der Waals surface area contributed by atoms with Gasteiger partial charge in [0.2, 0.25) is 0 Å². The van der Waals surface area contributed by atoms with E-state index in [0.29, 0.717) is 0 Å². The average Bonchev–Trinajstić information content (AvgIpc) is 3.51. The Balaban J connectivity index is 1.23. The molecule has 0 aliphatic heterocycles. The molecular formula is C44H29NS. The van der Waals surface area contributed by atoms with Gasteiger partial charge in [-0.25, -0.2) is 0 Å². The maximum absolute atomic E-state index is 2.40. The molecule has 0 unspecified atom stereocenters. The van der Waals surface area contributed by atoms with Crippen LogP contribution in [0, 0.1) is 0 Å². The summed E-state index contributed by atoms with van der Waals surface area (Å²) < 4.78 is 2.65. The summed E-state index contributed by atoms with van der Waals surface area (Å²) in [6.45, 7) is 0. The predicted molar refractivity (Wildman–Crippen MR) is 200 cm³/mol. The first-order valence-electron chi connectivity index (χ1n) is 15.7. The fraction of sp³-hybridized carbons (Fsp3) is 0. The molecule has 0 amide bonds. The molecule has 0 spiro atoms. The van der Waals surface area contributed by atoms with Crippen LogP contribution in [0.3, 0.4) is 0 Å². The monoisotopic (exact) mass is 603 g/mol. The molecule has 2 heteroatoms. The SMILES string of the molecule is c1cc(-c2cccc3ccccc23)cc(N(c2cccc(-c3cccc4c3sc3ccccc34)c2)c2ccc3ccccc3c2)c1. The second-order valence-corrected chi connectivity index (χ2v) is 12.8. The van der Waals surface area contributed by atoms with Crippen LogP contribution in [0.5, 0.6) is 0 Å². The molecule has 8 aromatic carbocycles. The van der Waals surface area contributed by atoms with Crippen molar-refractivity contribution in [2.75, 3.05) is 4.90 Å². The van der Waals surface area contributed by atoms with Crippen molar-refractivity contribution in [3.8, 4) is 22.3 Å². The summed E-state index contributed by atoms with van der Waals surface area (Å²) in [5, 5.41) is 7.61. The Morgan fingerprint density at radius 2 is 0.913 bits per heavy atom. The number of nitrogens with zero attached hydrogens (tertiary/aromatic N) is 1. The Bertz CT molecular complexity index is 2550. The topological polar surface area (TPSA) is 3.24 Å². The molecule has 0 aliphatic carbocycles. The second kappa shape index (κ2) is 11.0. The van der Waals surface area contributed by atoms with Gasteiger partial charge in [0.1, 0.15) is 0 Å². The van der Waals surface area contributed by atoms with E-state index in [0.717, 1.165) is 17.1 Å². The van der Waals surface area contributed by atoms with Crippen molar-refractivity contribution in [3.05, 3.63) is 176 Å². The molecule has 0 fully saturated rings. The number of anilines is 3. The van der Waals surface area contributed by atoms with Gasteiger partial charge in [-0.15, -0.1) is 11.3 Å². The second-order valence-electron chi connectivity index (χ2n) is 11.8. The van der Waals surface area contributed by atoms with Gasteiger partial charge >= 0.3 is 0 Å². The number of benzene rings is 8. The molecule has 0 N–H and O–H groups in total. The Morgan fingerprint density at radius 1 is 0.348 bits per heavy atom. The lowest BCUT2D eigenvalue weighted by atomic mass is 9.97. The van der Waals surface area contributed by atoms with Crippen molar-refractivity contribution in [1.29, 1.82) is 0 Å². The Labute approximate surface area is 272 Å². The van der Waals surface area contributed by atoms with Gasteiger partial charge < -0.3 is 4.90 Å². The van der Waals surface area contributed by atoms with E-state index in [1.54, 1.807) is 0 Å². The lowest BCUT2D eigenvalue weighted by molar-refractivity contribution is 1.29. The first-order valence-corrected chi connectivity index (χ1v) is 16.5. The molecule has 1 aromatic heterocycles. The van der Waals surface area contributed by atoms with E-state index in [4.69, 9.17) is 0 Å². The van der Waals surface area contributed by atoms with E-state index in [1.807, 2.05) is 11.3 Å². The Hall–Kier alpha value is -5.70. The maximum atomic E-state index is 2.40. The third-order valence-electron chi connectivity index (χ3n) is 9.02. The minimum atomic E-state index is 1.12. The average molecular weight is 604 g/mol. The van der Waals surface area contributed by atoms with Crippen molar-refractivity contribution in [1.82, 2.24) is 0 Å². The minimum Gasteiger partial charge on any atom is -0.310 e. The van der Waals surface area contributed by atoms with Crippen LogP contribution in [0.4, 0.5) is 17.1 Å². The maximum Gasteiger partial charge on any atom is 0.0468 e. The van der Waals surface area contributed by atoms with Gasteiger partial charge in [-0.2, -0.15) is 0 Å². The van der Waals surface area contributed by atoms with Crippen molar-refractivity contribution in [3.63, 3.8) is 0 Å². The van der Waals surface area contributed by atoms with E-state index < -0.39 is 0 Å². The Morgan fingerprint density at radius 3 is 1.74 bits per heavy atom. The standard InChI is InChI=1S/C44H29NS/c1-2-13-32-27-37(26-25-30(32)11-1)45(35-17-7-15-33(28-35)39-21-9-14-31-12-3-4-19-38(31)39)36-18-8-16-34(29-36)40-22-10-23-42-41-20-5-6-24-43(41)46-44(40)42/h1-29H. The van der Waals surface area contributed by atoms with Gasteiger partial charge in [0.25, 0.3) is 0 Å². The summed E-state index contributed by atoms with van der Waals surface area (Å²) in [4.78, 5) is 2.40. The number of thiophene rings is 1. The third kappa shape index (κ3) is 4.54. The zero-order chi connectivity index (χ0) is 30.5. The van der Waals surface area contributed by atoms with Crippen LogP contribution in [0.25, 0.3) is 64.0 Å². The highest BCUT2D eigenvalue weighted by Gasteiger charge is 2.17. The van der Waals surface area contributed by atoms with Crippen LogP contribution >= 0.6 is 11.3 Å². The van der Waals surface area contributed by atoms with E-state index in [-0.39, 0.29) is 0 Å². The number of fused-ring (bicyclic) bond motifs is 5. The van der Waals surface area contributed by atoms with E-state index in [1.165, 1.54) is 64.0 Å². The Kier molecular flexibility index (Phi) is 6.40. The predicted octanol–water partition coefficient (Wildman–Crippen LogP) is 13.2. The van der Waals surface area contributed by atoms with Crippen LogP contribution in [0.1, 0.15) is 0 Å². The number of hydrogen-bond acceptors (Lipinski definition) is 2. The molecule has 0 saturated heterocycles. The number of rotatable bonds is 5. The summed E-state index contributed by atoms with van der Waals surface area (Å²) >= 11 is 1.88. The molecule has 9 aromatic rings. The van der Waals surface area contributed by atoms with E-state index in [9.17, 15) is 0 Å². The van der Waals surface area contributed by atoms with Gasteiger partial charge in [-0.3, -0.25) is 0 Å². The van der Waals surface area contributed by atoms with Crippen LogP contribution in [0.2, 0.25) is 0 Å². The van der Waals surface area contributed by atoms with Crippen molar-refractivity contribution < 1.29 is 0 Å². The highest BCUT2D eigenvalue weighted by Crippen LogP contribution is 2.43. The molecule has 216 valence electrons. The smallest absolute Gasteiger partial charge is 0.0468 e. The summed E-state index contributed by atoms with van der Waals surface area (Å²) in [7, 11) is 0. The quantitative estimate of drug-likeness (QED) is 0.189. The molecule has 1 heterocycles. The molecule has 0 atom stereocenters. The fourth-order valence-electron chi connectivity index (χ4n) is 6.84. The summed E-state index contributed by atoms with van der Waals surface area (Å²) in [6, 6.07) is 64.0. The van der Waals surface area contributed by atoms with Gasteiger partial charge in [-0.1, -0.05) is 133 Å². The first-order chi connectivity index (χ1) is 22.8. The van der Waals surface area contributed by atoms with Gasteiger partial charge in [0.05, 0.1) is 0 Å². The van der Waals surface area contributed by atoms with E-state index >= 15 is 0 Å². The van der Waals surface area contributed by atoms with Crippen molar-refractivity contribution in [2.45, 2.75) is 0 Å². The molecular weight excluding hydrogens is 575 g/mol. The van der Waals surface area contributed by atoms with Crippen molar-refractivity contribution in [2.24, 2.45) is 0 Å². The largest absolute Gasteiger partial charge is 0.310 e. The molecule has 0 bridgehead atoms. The van der Waals surface area contributed by atoms with Gasteiger partial charge in [-0.05, 0) is 86.3 Å². The zero-order valence-corrected chi connectivity index (χ0v) is 25.9. The van der Waals surface area contributed by atoms with E-state index in [2.05, 4.69) is 181 Å². The highest BCUT2D eigenvalue weighted by atomic mass is 32.1. The van der Waals surface area contributed by atoms with Gasteiger partial charge in [0, 0.05) is 37.2 Å². The van der Waals surface area contributed by atoms with Crippen molar-refractivity contribution >= 4 is 70.1 Å². The van der Waals surface area contributed by atoms with Crippen LogP contribution in [-0.4, -0.2) is 0 Å². The summed E-state index contributed by atoms with van der Waals surface area (Å²) in [5.74, 6) is 0. The summed E-state index contributed by atoms with van der Waals surface area (Å²) in [6.07, 6.45) is 0. The molecule has 9 rings (SSSR count). The lowest BCUT2D eigenvalue weighted by Gasteiger charge is -2.27. The zero-order valence-electron chi connectivity index (χ0n) is 25.1. The first kappa shape index (κ1) is 26.7. The highest BCUT2D eigenvalue weighted by molar-refractivity contribution is 7.26. The molecule has 0 radical (unpaired) electrons. The molecule has 0 aliphatic rings. The summed E-state index contributed by atoms with van der Waals surface area (Å²) in [5.41, 5.74) is 8.30. The van der Waals surface area contributed by atoms with Gasteiger partial charge in [0.15, 0.2) is 0 Å².